The van der Waals surface area contributed by atoms with Gasteiger partial charge in [-0.15, -0.1) is 10.2 Å². The second-order valence-electron chi connectivity index (χ2n) is 10.7. The molecular weight excluding hydrogens is 685 g/mol. The predicted octanol–water partition coefficient (Wildman–Crippen LogP) is 8.13. The summed E-state index contributed by atoms with van der Waals surface area (Å²) in [7, 11) is -9.12. The molecule has 0 aliphatic heterocycles. The van der Waals surface area contributed by atoms with Crippen molar-refractivity contribution < 1.29 is 30.7 Å². The normalized spacial score (nSPS) is 12.2. The van der Waals surface area contributed by atoms with Crippen molar-refractivity contribution in [2.45, 2.75) is 9.79 Å². The van der Waals surface area contributed by atoms with Gasteiger partial charge < -0.3 is 22.1 Å². The number of amides is 2. The maximum atomic E-state index is 12.6. The van der Waals surface area contributed by atoms with E-state index in [0.717, 1.165) is 12.1 Å². The quantitative estimate of drug-likeness (QED) is 0.0506. The van der Waals surface area contributed by atoms with Gasteiger partial charge in [-0.05, 0) is 60.7 Å². The van der Waals surface area contributed by atoms with Crippen LogP contribution >= 0.6 is 0 Å². The Bertz CT molecular complexity index is 2400. The molecule has 0 radical (unpaired) electrons. The van der Waals surface area contributed by atoms with Crippen LogP contribution in [0, 0.1) is 0 Å². The molecule has 2 amide bonds. The molecule has 15 nitrogen and oxygen atoms in total. The number of nitrogens with two attached hydrogens (primary N) is 2. The van der Waals surface area contributed by atoms with Crippen LogP contribution in [0.15, 0.2) is 139 Å². The SMILES string of the molecule is Nc1c(N=Nc2ccc(NC(=O)Nc3ccc(N=Nc4cc(S(=O)(=O)O)c5ccccc5c4N)cc3)cc2)cc(S(=O)(=O)O)c2ccccc12. The number of rotatable bonds is 8. The molecule has 0 heterocycles. The number of anilines is 4. The Morgan fingerprint density at radius 3 is 1.20 bits per heavy atom. The van der Waals surface area contributed by atoms with Crippen molar-refractivity contribution in [3.05, 3.63) is 109 Å². The van der Waals surface area contributed by atoms with Crippen LogP contribution in [0.25, 0.3) is 21.5 Å². The number of azo groups is 2. The number of carbonyl (C=O) groups is 1. The molecule has 0 spiro atoms. The minimum absolute atomic E-state index is 0.0505. The van der Waals surface area contributed by atoms with Crippen LogP contribution in [-0.2, 0) is 20.2 Å². The number of nitrogens with zero attached hydrogens (tertiary/aromatic N) is 4. The van der Waals surface area contributed by atoms with E-state index in [1.165, 1.54) is 12.1 Å². The minimum Gasteiger partial charge on any atom is -0.396 e. The van der Waals surface area contributed by atoms with Crippen molar-refractivity contribution in [2.24, 2.45) is 20.5 Å². The number of hydrogen-bond acceptors (Lipinski definition) is 11. The summed E-state index contributed by atoms with van der Waals surface area (Å²) in [4.78, 5) is 11.9. The van der Waals surface area contributed by atoms with Gasteiger partial charge in [-0.2, -0.15) is 27.1 Å². The number of nitrogens with one attached hydrogen (secondary N) is 2. The van der Waals surface area contributed by atoms with E-state index in [0.29, 0.717) is 33.5 Å². The average Bonchev–Trinajstić information content (AvgIpc) is 3.08. The maximum absolute atomic E-state index is 12.6. The maximum Gasteiger partial charge on any atom is 0.323 e. The molecule has 6 aromatic carbocycles. The molecule has 0 aromatic heterocycles. The van der Waals surface area contributed by atoms with Gasteiger partial charge in [-0.1, -0.05) is 48.5 Å². The second-order valence-corrected chi connectivity index (χ2v) is 13.5. The zero-order valence-corrected chi connectivity index (χ0v) is 27.2. The number of nitrogen functional groups attached to an aromatic ring is 2. The van der Waals surface area contributed by atoms with Gasteiger partial charge in [0.05, 0.1) is 22.7 Å². The monoisotopic (exact) mass is 710 g/mol. The Morgan fingerprint density at radius 2 is 0.860 bits per heavy atom. The molecular formula is C33H26N8O7S2. The Hall–Kier alpha value is -6.27. The molecule has 0 fully saturated rings. The van der Waals surface area contributed by atoms with E-state index in [1.54, 1.807) is 84.9 Å². The average molecular weight is 711 g/mol. The molecule has 6 rings (SSSR count). The lowest BCUT2D eigenvalue weighted by Crippen LogP contribution is -2.19. The molecule has 0 bridgehead atoms. The van der Waals surface area contributed by atoms with E-state index in [9.17, 15) is 30.7 Å². The van der Waals surface area contributed by atoms with E-state index in [4.69, 9.17) is 11.5 Å². The molecule has 0 saturated heterocycles. The van der Waals surface area contributed by atoms with Crippen molar-refractivity contribution >= 4 is 93.3 Å². The molecule has 0 atom stereocenters. The van der Waals surface area contributed by atoms with Crippen molar-refractivity contribution in [2.75, 3.05) is 22.1 Å². The third-order valence-corrected chi connectivity index (χ3v) is 9.19. The molecule has 252 valence electrons. The summed E-state index contributed by atoms with van der Waals surface area (Å²) in [5.74, 6) is 0. The second kappa shape index (κ2) is 13.3. The first kappa shape index (κ1) is 33.6. The van der Waals surface area contributed by atoms with Crippen LogP contribution in [0.5, 0.6) is 0 Å². The topological polar surface area (TPSA) is 251 Å². The summed E-state index contributed by atoms with van der Waals surface area (Å²) in [5, 5.41) is 23.0. The molecule has 0 aliphatic carbocycles. The van der Waals surface area contributed by atoms with E-state index in [2.05, 4.69) is 31.1 Å². The van der Waals surface area contributed by atoms with Crippen molar-refractivity contribution in [3.63, 3.8) is 0 Å². The number of urea groups is 1. The summed E-state index contributed by atoms with van der Waals surface area (Å²) in [6, 6.07) is 27.2. The minimum atomic E-state index is -4.56. The lowest BCUT2D eigenvalue weighted by Gasteiger charge is -2.09. The molecule has 0 aliphatic rings. The summed E-state index contributed by atoms with van der Waals surface area (Å²) in [5.41, 5.74) is 14.5. The first-order chi connectivity index (χ1) is 23.8. The molecule has 8 N–H and O–H groups in total. The van der Waals surface area contributed by atoms with E-state index >= 15 is 0 Å². The number of hydrogen-bond donors (Lipinski definition) is 6. The summed E-state index contributed by atoms with van der Waals surface area (Å²) < 4.78 is 67.3. The van der Waals surface area contributed by atoms with Gasteiger partial charge in [0.2, 0.25) is 0 Å². The molecule has 0 unspecified atom stereocenters. The highest BCUT2D eigenvalue weighted by Crippen LogP contribution is 2.38. The lowest BCUT2D eigenvalue weighted by atomic mass is 10.1. The van der Waals surface area contributed by atoms with E-state index in [1.807, 2.05) is 0 Å². The van der Waals surface area contributed by atoms with Crippen molar-refractivity contribution in [1.82, 2.24) is 0 Å². The van der Waals surface area contributed by atoms with Crippen LogP contribution in [-0.4, -0.2) is 32.0 Å². The molecule has 6 aromatic rings. The van der Waals surface area contributed by atoms with Crippen LogP contribution in [0.2, 0.25) is 0 Å². The van der Waals surface area contributed by atoms with Gasteiger partial charge in [-0.3, -0.25) is 9.11 Å². The summed E-state index contributed by atoms with van der Waals surface area (Å²) in [6.07, 6.45) is 0. The fraction of sp³-hybridized carbons (Fsp3) is 0. The van der Waals surface area contributed by atoms with Crippen LogP contribution in [0.4, 0.5) is 50.3 Å². The Labute approximate surface area is 284 Å². The largest absolute Gasteiger partial charge is 0.396 e. The lowest BCUT2D eigenvalue weighted by molar-refractivity contribution is 0.262. The fourth-order valence-electron chi connectivity index (χ4n) is 5.03. The van der Waals surface area contributed by atoms with Crippen LogP contribution in [0.1, 0.15) is 0 Å². The third-order valence-electron chi connectivity index (χ3n) is 7.41. The van der Waals surface area contributed by atoms with Crippen LogP contribution < -0.4 is 22.1 Å². The smallest absolute Gasteiger partial charge is 0.323 e. The number of fused-ring (bicyclic) bond motifs is 2. The van der Waals surface area contributed by atoms with Crippen molar-refractivity contribution in [3.8, 4) is 0 Å². The Balaban J connectivity index is 1.10. The Kier molecular flexibility index (Phi) is 8.96. The summed E-state index contributed by atoms with van der Waals surface area (Å²) >= 11 is 0. The number of carbonyl (C=O) groups excluding carboxylic acids is 1. The zero-order chi connectivity index (χ0) is 35.6. The fourth-order valence-corrected chi connectivity index (χ4v) is 6.47. The van der Waals surface area contributed by atoms with Gasteiger partial charge in [0.25, 0.3) is 20.2 Å². The summed E-state index contributed by atoms with van der Waals surface area (Å²) in [6.45, 7) is 0. The molecule has 0 saturated carbocycles. The molecule has 50 heavy (non-hydrogen) atoms. The Morgan fingerprint density at radius 1 is 0.520 bits per heavy atom. The predicted molar refractivity (Wildman–Crippen MR) is 190 cm³/mol. The van der Waals surface area contributed by atoms with Gasteiger partial charge in [-0.25, -0.2) is 4.79 Å². The standard InChI is InChI=1S/C33H26N8O7S2/c34-31-25-7-3-1-5-23(25)29(49(43,44)45)17-27(31)40-38-21-13-9-19(10-14-21)36-33(42)37-20-11-15-22(16-12-20)39-41-28-18-30(50(46,47)48)24-6-2-4-8-26(24)32(28)35/h1-18H,34-35H2,(H2,36,37,42)(H,43,44,45)(H,46,47,48). The molecule has 17 heteroatoms. The van der Waals surface area contributed by atoms with E-state index in [-0.39, 0.29) is 43.3 Å². The van der Waals surface area contributed by atoms with Crippen LogP contribution in [0.3, 0.4) is 0 Å². The first-order valence-corrected chi connectivity index (χ1v) is 17.3. The highest BCUT2D eigenvalue weighted by atomic mass is 32.2. The number of benzene rings is 6. The van der Waals surface area contributed by atoms with Gasteiger partial charge >= 0.3 is 6.03 Å². The third kappa shape index (κ3) is 7.25. The van der Waals surface area contributed by atoms with E-state index < -0.39 is 26.3 Å². The highest BCUT2D eigenvalue weighted by molar-refractivity contribution is 7.86. The van der Waals surface area contributed by atoms with Gasteiger partial charge in [0.1, 0.15) is 21.2 Å². The van der Waals surface area contributed by atoms with Gasteiger partial charge in [0, 0.05) is 32.9 Å². The zero-order valence-electron chi connectivity index (χ0n) is 25.6. The van der Waals surface area contributed by atoms with Crippen molar-refractivity contribution in [1.29, 1.82) is 0 Å². The first-order valence-electron chi connectivity index (χ1n) is 14.5. The highest BCUT2D eigenvalue weighted by Gasteiger charge is 2.20. The van der Waals surface area contributed by atoms with Gasteiger partial charge in [0.15, 0.2) is 0 Å².